The van der Waals surface area contributed by atoms with Gasteiger partial charge in [0.2, 0.25) is 0 Å². The summed E-state index contributed by atoms with van der Waals surface area (Å²) in [6, 6.07) is 11.6. The summed E-state index contributed by atoms with van der Waals surface area (Å²) < 4.78 is 0. The molecule has 2 aromatic carbocycles. The van der Waals surface area contributed by atoms with Crippen molar-refractivity contribution in [2.24, 2.45) is 0 Å². The molecule has 0 atom stereocenters. The highest BCUT2D eigenvalue weighted by molar-refractivity contribution is 6.13. The van der Waals surface area contributed by atoms with Crippen molar-refractivity contribution < 1.29 is 9.59 Å². The molecule has 1 aliphatic rings. The Labute approximate surface area is 143 Å². The van der Waals surface area contributed by atoms with Crippen LogP contribution in [0, 0.1) is 13.8 Å². The molecule has 0 saturated carbocycles. The zero-order valence-corrected chi connectivity index (χ0v) is 15.3. The summed E-state index contributed by atoms with van der Waals surface area (Å²) in [4.78, 5) is 26.8. The first-order chi connectivity index (χ1) is 11.1. The van der Waals surface area contributed by atoms with Crippen molar-refractivity contribution in [1.82, 2.24) is 0 Å². The number of Topliss-reactive ketones (excluding diaryl/α,β-unsaturated/α-hetero) is 2. The summed E-state index contributed by atoms with van der Waals surface area (Å²) in [6.45, 7) is 11.7. The second kappa shape index (κ2) is 5.14. The van der Waals surface area contributed by atoms with Crippen molar-refractivity contribution in [3.05, 3.63) is 69.8 Å². The van der Waals surface area contributed by atoms with Crippen LogP contribution < -0.4 is 0 Å². The quantitative estimate of drug-likeness (QED) is 0.689. The number of carbonyl (C=O) groups excluding carboxylic acids is 2. The summed E-state index contributed by atoms with van der Waals surface area (Å²) in [5.41, 5.74) is 3.63. The van der Waals surface area contributed by atoms with Crippen LogP contribution in [0.3, 0.4) is 0 Å². The van der Waals surface area contributed by atoms with Crippen LogP contribution in [0.2, 0.25) is 0 Å². The SMILES string of the molecule is Cc1ccc2c(c1)C(C)(C)C(=O)c1ccc(C)cc1C(C)(C)C2=O. The minimum absolute atomic E-state index is 0.0740. The normalized spacial score (nSPS) is 18.4. The van der Waals surface area contributed by atoms with Gasteiger partial charge in [-0.15, -0.1) is 0 Å². The molecule has 0 spiro atoms. The minimum atomic E-state index is -0.739. The lowest BCUT2D eigenvalue weighted by Gasteiger charge is -2.36. The molecule has 0 fully saturated rings. The molecular weight excluding hydrogens is 296 g/mol. The summed E-state index contributed by atoms with van der Waals surface area (Å²) in [5.74, 6) is 0.148. The highest BCUT2D eigenvalue weighted by Crippen LogP contribution is 2.41. The maximum atomic E-state index is 13.4. The van der Waals surface area contributed by atoms with Gasteiger partial charge in [0.15, 0.2) is 11.6 Å². The Morgan fingerprint density at radius 3 is 1.29 bits per heavy atom. The third-order valence-electron chi connectivity index (χ3n) is 5.32. The molecule has 0 radical (unpaired) electrons. The predicted octanol–water partition coefficient (Wildman–Crippen LogP) is 4.94. The molecule has 2 nitrogen and oxygen atoms in total. The van der Waals surface area contributed by atoms with Crippen molar-refractivity contribution in [3.63, 3.8) is 0 Å². The number of aryl methyl sites for hydroxylation is 2. The number of hydrogen-bond donors (Lipinski definition) is 0. The van der Waals surface area contributed by atoms with E-state index in [2.05, 4.69) is 0 Å². The Bertz CT molecular complexity index is 796. The van der Waals surface area contributed by atoms with Crippen LogP contribution in [0.15, 0.2) is 36.4 Å². The predicted molar refractivity (Wildman–Crippen MR) is 97.1 cm³/mol. The Hall–Kier alpha value is -2.22. The van der Waals surface area contributed by atoms with Crippen molar-refractivity contribution in [2.45, 2.75) is 52.4 Å². The molecular formula is C22H24O2. The van der Waals surface area contributed by atoms with Gasteiger partial charge in [-0.1, -0.05) is 47.5 Å². The van der Waals surface area contributed by atoms with E-state index in [1.807, 2.05) is 77.9 Å². The number of fused-ring (bicyclic) bond motifs is 2. The fraction of sp³-hybridized carbons (Fsp3) is 0.364. The van der Waals surface area contributed by atoms with Gasteiger partial charge >= 0.3 is 0 Å². The van der Waals surface area contributed by atoms with Crippen molar-refractivity contribution in [1.29, 1.82) is 0 Å². The first kappa shape index (κ1) is 16.6. The van der Waals surface area contributed by atoms with Gasteiger partial charge in [0.05, 0.1) is 10.8 Å². The molecule has 2 aromatic rings. The van der Waals surface area contributed by atoms with Crippen LogP contribution in [-0.2, 0) is 10.8 Å². The first-order valence-corrected chi connectivity index (χ1v) is 8.38. The fourth-order valence-corrected chi connectivity index (χ4v) is 3.66. The molecule has 3 rings (SSSR count). The van der Waals surface area contributed by atoms with Crippen LogP contribution in [0.4, 0.5) is 0 Å². The van der Waals surface area contributed by atoms with E-state index in [9.17, 15) is 9.59 Å². The van der Waals surface area contributed by atoms with Gasteiger partial charge in [0, 0.05) is 11.1 Å². The maximum Gasteiger partial charge on any atom is 0.173 e. The number of ketones is 2. The summed E-state index contributed by atoms with van der Waals surface area (Å²) >= 11 is 0. The average molecular weight is 320 g/mol. The highest BCUT2D eigenvalue weighted by atomic mass is 16.1. The lowest BCUT2D eigenvalue weighted by atomic mass is 9.65. The van der Waals surface area contributed by atoms with Gasteiger partial charge in [0.1, 0.15) is 0 Å². The molecule has 24 heavy (non-hydrogen) atoms. The number of rotatable bonds is 0. The summed E-state index contributed by atoms with van der Waals surface area (Å²) in [6.07, 6.45) is 0. The van der Waals surface area contributed by atoms with Crippen molar-refractivity contribution in [3.8, 4) is 0 Å². The molecule has 0 N–H and O–H groups in total. The molecule has 0 saturated heterocycles. The lowest BCUT2D eigenvalue weighted by Crippen LogP contribution is -2.40. The van der Waals surface area contributed by atoms with E-state index in [-0.39, 0.29) is 11.6 Å². The zero-order chi connectivity index (χ0) is 17.9. The fourth-order valence-electron chi connectivity index (χ4n) is 3.66. The zero-order valence-electron chi connectivity index (χ0n) is 15.3. The van der Waals surface area contributed by atoms with Crippen molar-refractivity contribution >= 4 is 11.6 Å². The van der Waals surface area contributed by atoms with E-state index >= 15 is 0 Å². The Morgan fingerprint density at radius 2 is 0.958 bits per heavy atom. The topological polar surface area (TPSA) is 34.1 Å². The van der Waals surface area contributed by atoms with Crippen LogP contribution in [0.1, 0.15) is 70.7 Å². The van der Waals surface area contributed by atoms with E-state index in [1.54, 1.807) is 0 Å². The standard InChI is InChI=1S/C22H24O2/c1-13-7-9-15-17(11-13)21(3,4)20(24)16-10-8-14(2)12-18(16)22(5,6)19(15)23/h7-12H,1-6H3. The Kier molecular flexibility index (Phi) is 3.56. The van der Waals surface area contributed by atoms with E-state index in [1.165, 1.54) is 0 Å². The molecule has 0 bridgehead atoms. The van der Waals surface area contributed by atoms with Crippen LogP contribution in [-0.4, -0.2) is 11.6 Å². The van der Waals surface area contributed by atoms with E-state index in [0.717, 1.165) is 22.3 Å². The van der Waals surface area contributed by atoms with Crippen LogP contribution in [0.25, 0.3) is 0 Å². The second-order valence-electron chi connectivity index (χ2n) is 8.01. The average Bonchev–Trinajstić information content (AvgIpc) is 2.52. The van der Waals surface area contributed by atoms with E-state index in [0.29, 0.717) is 11.1 Å². The maximum absolute atomic E-state index is 13.4. The largest absolute Gasteiger partial charge is 0.293 e. The minimum Gasteiger partial charge on any atom is -0.293 e. The van der Waals surface area contributed by atoms with Gasteiger partial charge < -0.3 is 0 Å². The van der Waals surface area contributed by atoms with Crippen LogP contribution >= 0.6 is 0 Å². The first-order valence-electron chi connectivity index (χ1n) is 8.38. The number of carbonyl (C=O) groups is 2. The van der Waals surface area contributed by atoms with Gasteiger partial charge in [-0.05, 0) is 52.7 Å². The lowest BCUT2D eigenvalue weighted by molar-refractivity contribution is 0.0872. The van der Waals surface area contributed by atoms with Gasteiger partial charge in [0.25, 0.3) is 0 Å². The molecule has 0 heterocycles. The Morgan fingerprint density at radius 1 is 0.625 bits per heavy atom. The van der Waals surface area contributed by atoms with Crippen LogP contribution in [0.5, 0.6) is 0 Å². The third kappa shape index (κ3) is 2.24. The van der Waals surface area contributed by atoms with Gasteiger partial charge in [-0.3, -0.25) is 9.59 Å². The van der Waals surface area contributed by atoms with E-state index < -0.39 is 10.8 Å². The molecule has 0 unspecified atom stereocenters. The monoisotopic (exact) mass is 320 g/mol. The van der Waals surface area contributed by atoms with E-state index in [4.69, 9.17) is 0 Å². The second-order valence-corrected chi connectivity index (χ2v) is 8.01. The Balaban J connectivity index is 2.42. The van der Waals surface area contributed by atoms with Crippen molar-refractivity contribution in [2.75, 3.05) is 0 Å². The molecule has 1 aliphatic carbocycles. The highest BCUT2D eigenvalue weighted by Gasteiger charge is 2.43. The van der Waals surface area contributed by atoms with Gasteiger partial charge in [-0.25, -0.2) is 0 Å². The molecule has 2 heteroatoms. The summed E-state index contributed by atoms with van der Waals surface area (Å²) in [7, 11) is 0. The molecule has 0 aromatic heterocycles. The summed E-state index contributed by atoms with van der Waals surface area (Å²) in [5, 5.41) is 0. The molecule has 0 amide bonds. The number of benzene rings is 2. The molecule has 124 valence electrons. The smallest absolute Gasteiger partial charge is 0.173 e. The van der Waals surface area contributed by atoms with Gasteiger partial charge in [-0.2, -0.15) is 0 Å². The molecule has 0 aliphatic heterocycles. The number of hydrogen-bond acceptors (Lipinski definition) is 2. The third-order valence-corrected chi connectivity index (χ3v) is 5.32.